The molecule has 1 aromatic heterocycles. The molecule has 0 aliphatic rings. The van der Waals surface area contributed by atoms with Gasteiger partial charge in [-0.2, -0.15) is 0 Å². The molecular weight excluding hydrogens is 243 g/mol. The molecule has 0 bridgehead atoms. The van der Waals surface area contributed by atoms with E-state index in [0.717, 1.165) is 16.8 Å². The number of nitrogens with zero attached hydrogens (tertiary/aromatic N) is 1. The maximum Gasteiger partial charge on any atom is 0.0701 e. The molecule has 0 saturated heterocycles. The minimum Gasteiger partial charge on any atom is -0.326 e. The van der Waals surface area contributed by atoms with Crippen LogP contribution in [0.4, 0.5) is 0 Å². The van der Waals surface area contributed by atoms with Gasteiger partial charge in [0.1, 0.15) is 0 Å². The zero-order valence-corrected chi connectivity index (χ0v) is 10.3. The number of hydrogen-bond acceptors (Lipinski definition) is 2. The third-order valence-corrected chi connectivity index (χ3v) is 2.15. The highest BCUT2D eigenvalue weighted by atomic mass is 35.5. The van der Waals surface area contributed by atoms with Gasteiger partial charge in [0, 0.05) is 18.3 Å². The van der Waals surface area contributed by atoms with Crippen molar-refractivity contribution < 1.29 is 0 Å². The van der Waals surface area contributed by atoms with Crippen molar-refractivity contribution in [2.45, 2.75) is 6.54 Å². The summed E-state index contributed by atoms with van der Waals surface area (Å²) in [6.07, 6.45) is 1.80. The van der Waals surface area contributed by atoms with Crippen LogP contribution >= 0.6 is 24.8 Å². The molecule has 4 heteroatoms. The number of pyridine rings is 1. The normalized spacial score (nSPS) is 8.81. The van der Waals surface area contributed by atoms with E-state index in [0.29, 0.717) is 6.54 Å². The Balaban J connectivity index is 0.00000112. The Labute approximate surface area is 108 Å². The summed E-state index contributed by atoms with van der Waals surface area (Å²) in [5.74, 6) is 0. The monoisotopic (exact) mass is 256 g/mol. The Hall–Kier alpha value is -1.09. The van der Waals surface area contributed by atoms with E-state index in [1.807, 2.05) is 42.5 Å². The molecule has 0 fully saturated rings. The van der Waals surface area contributed by atoms with E-state index < -0.39 is 0 Å². The van der Waals surface area contributed by atoms with Crippen LogP contribution in [0.3, 0.4) is 0 Å². The smallest absolute Gasteiger partial charge is 0.0701 e. The molecule has 16 heavy (non-hydrogen) atoms. The molecule has 1 heterocycles. The van der Waals surface area contributed by atoms with Gasteiger partial charge in [-0.15, -0.1) is 24.8 Å². The number of aromatic nitrogens is 1. The van der Waals surface area contributed by atoms with Crippen LogP contribution in [0.15, 0.2) is 48.7 Å². The first-order valence-corrected chi connectivity index (χ1v) is 4.60. The average Bonchev–Trinajstić information content (AvgIpc) is 2.30. The van der Waals surface area contributed by atoms with Gasteiger partial charge in [-0.05, 0) is 17.7 Å². The highest BCUT2D eigenvalue weighted by molar-refractivity contribution is 5.85. The van der Waals surface area contributed by atoms with Crippen LogP contribution in [0.1, 0.15) is 5.56 Å². The molecule has 0 aliphatic heterocycles. The zero-order valence-electron chi connectivity index (χ0n) is 8.67. The van der Waals surface area contributed by atoms with Gasteiger partial charge in [0.15, 0.2) is 0 Å². The van der Waals surface area contributed by atoms with Gasteiger partial charge in [0.2, 0.25) is 0 Å². The Morgan fingerprint density at radius 1 is 0.938 bits per heavy atom. The summed E-state index contributed by atoms with van der Waals surface area (Å²) in [5.41, 5.74) is 8.79. The summed E-state index contributed by atoms with van der Waals surface area (Å²) in [5, 5.41) is 0. The lowest BCUT2D eigenvalue weighted by Crippen LogP contribution is -1.95. The maximum absolute atomic E-state index is 5.52. The van der Waals surface area contributed by atoms with Crippen molar-refractivity contribution in [3.63, 3.8) is 0 Å². The van der Waals surface area contributed by atoms with Crippen LogP contribution in [0.2, 0.25) is 0 Å². The number of hydrogen-bond donors (Lipinski definition) is 1. The molecule has 1 aromatic carbocycles. The van der Waals surface area contributed by atoms with Crippen LogP contribution in [0.25, 0.3) is 11.3 Å². The molecule has 0 spiro atoms. The summed E-state index contributed by atoms with van der Waals surface area (Å²) in [7, 11) is 0. The third-order valence-electron chi connectivity index (χ3n) is 2.15. The van der Waals surface area contributed by atoms with Gasteiger partial charge in [0.25, 0.3) is 0 Å². The number of halogens is 2. The molecule has 2 N–H and O–H groups in total. The van der Waals surface area contributed by atoms with E-state index in [4.69, 9.17) is 5.73 Å². The van der Waals surface area contributed by atoms with E-state index in [9.17, 15) is 0 Å². The predicted molar refractivity (Wildman–Crippen MR) is 72.1 cm³/mol. The van der Waals surface area contributed by atoms with E-state index in [1.165, 1.54) is 0 Å². The Bertz CT molecular complexity index is 401. The Morgan fingerprint density at radius 3 is 2.12 bits per heavy atom. The molecule has 0 atom stereocenters. The van der Waals surface area contributed by atoms with E-state index in [1.54, 1.807) is 6.20 Å². The fourth-order valence-electron chi connectivity index (χ4n) is 1.35. The first kappa shape index (κ1) is 14.9. The van der Waals surface area contributed by atoms with Gasteiger partial charge < -0.3 is 5.73 Å². The number of rotatable bonds is 2. The molecule has 0 unspecified atom stereocenters. The first-order valence-electron chi connectivity index (χ1n) is 4.60. The Kier molecular flexibility index (Phi) is 6.74. The predicted octanol–water partition coefficient (Wildman–Crippen LogP) is 3.05. The van der Waals surface area contributed by atoms with Crippen molar-refractivity contribution in [2.75, 3.05) is 0 Å². The Morgan fingerprint density at radius 2 is 1.62 bits per heavy atom. The van der Waals surface area contributed by atoms with Crippen LogP contribution < -0.4 is 5.73 Å². The second-order valence-corrected chi connectivity index (χ2v) is 3.12. The van der Waals surface area contributed by atoms with Crippen LogP contribution in [-0.2, 0) is 6.54 Å². The van der Waals surface area contributed by atoms with Crippen molar-refractivity contribution in [2.24, 2.45) is 5.73 Å². The zero-order chi connectivity index (χ0) is 9.80. The quantitative estimate of drug-likeness (QED) is 0.898. The van der Waals surface area contributed by atoms with Gasteiger partial charge in [0.05, 0.1) is 5.69 Å². The fraction of sp³-hybridized carbons (Fsp3) is 0.0833. The molecular formula is C12H14Cl2N2. The van der Waals surface area contributed by atoms with Gasteiger partial charge >= 0.3 is 0 Å². The van der Waals surface area contributed by atoms with E-state index in [2.05, 4.69) is 4.98 Å². The highest BCUT2D eigenvalue weighted by Gasteiger charge is 1.96. The minimum atomic E-state index is 0. The van der Waals surface area contributed by atoms with Crippen LogP contribution in [-0.4, -0.2) is 4.98 Å². The summed E-state index contributed by atoms with van der Waals surface area (Å²) in [4.78, 5) is 4.27. The summed E-state index contributed by atoms with van der Waals surface area (Å²) >= 11 is 0. The summed E-state index contributed by atoms with van der Waals surface area (Å²) < 4.78 is 0. The van der Waals surface area contributed by atoms with Crippen molar-refractivity contribution in [1.82, 2.24) is 4.98 Å². The van der Waals surface area contributed by atoms with Crippen LogP contribution in [0.5, 0.6) is 0 Å². The summed E-state index contributed by atoms with van der Waals surface area (Å²) in [6, 6.07) is 14.1. The topological polar surface area (TPSA) is 38.9 Å². The maximum atomic E-state index is 5.52. The SMILES string of the molecule is Cl.Cl.NCc1ccc(-c2ccccn2)cc1. The van der Waals surface area contributed by atoms with Gasteiger partial charge in [-0.25, -0.2) is 0 Å². The van der Waals surface area contributed by atoms with E-state index in [-0.39, 0.29) is 24.8 Å². The molecule has 2 aromatic rings. The fourth-order valence-corrected chi connectivity index (χ4v) is 1.35. The molecule has 86 valence electrons. The molecule has 0 saturated carbocycles. The molecule has 0 aliphatic carbocycles. The highest BCUT2D eigenvalue weighted by Crippen LogP contribution is 2.16. The third kappa shape index (κ3) is 3.49. The lowest BCUT2D eigenvalue weighted by Gasteiger charge is -2.01. The average molecular weight is 257 g/mol. The van der Waals surface area contributed by atoms with Gasteiger partial charge in [-0.3, -0.25) is 4.98 Å². The van der Waals surface area contributed by atoms with Crippen LogP contribution in [0, 0.1) is 0 Å². The molecule has 2 nitrogen and oxygen atoms in total. The van der Waals surface area contributed by atoms with E-state index >= 15 is 0 Å². The van der Waals surface area contributed by atoms with Gasteiger partial charge in [-0.1, -0.05) is 30.3 Å². The number of benzene rings is 1. The standard InChI is InChI=1S/C12H12N2.2ClH/c13-9-10-4-6-11(7-5-10)12-3-1-2-8-14-12;;/h1-8H,9,13H2;2*1H. The molecule has 2 rings (SSSR count). The first-order chi connectivity index (χ1) is 6.90. The summed E-state index contributed by atoms with van der Waals surface area (Å²) in [6.45, 7) is 0.586. The van der Waals surface area contributed by atoms with Crippen molar-refractivity contribution in [1.29, 1.82) is 0 Å². The minimum absolute atomic E-state index is 0. The lowest BCUT2D eigenvalue weighted by atomic mass is 10.1. The van der Waals surface area contributed by atoms with Crippen molar-refractivity contribution in [3.05, 3.63) is 54.2 Å². The van der Waals surface area contributed by atoms with Crippen molar-refractivity contribution in [3.8, 4) is 11.3 Å². The largest absolute Gasteiger partial charge is 0.326 e. The molecule has 0 amide bonds. The lowest BCUT2D eigenvalue weighted by molar-refractivity contribution is 1.07. The number of nitrogens with two attached hydrogens (primary N) is 1. The van der Waals surface area contributed by atoms with Crippen molar-refractivity contribution >= 4 is 24.8 Å². The molecule has 0 radical (unpaired) electrons. The second kappa shape index (κ2) is 7.23. The second-order valence-electron chi connectivity index (χ2n) is 3.12.